The van der Waals surface area contributed by atoms with Crippen molar-refractivity contribution in [3.8, 4) is 0 Å². The second-order valence-corrected chi connectivity index (χ2v) is 7.51. The number of amides is 1. The molecule has 0 saturated heterocycles. The highest BCUT2D eigenvalue weighted by Gasteiger charge is 2.20. The highest BCUT2D eigenvalue weighted by molar-refractivity contribution is 6.05. The SMILES string of the molecule is CN(C)Cc1ccccc1NC(=O)c1cnc2c(c1)ncn2C1CCCC1. The van der Waals surface area contributed by atoms with Crippen LogP contribution < -0.4 is 5.32 Å². The summed E-state index contributed by atoms with van der Waals surface area (Å²) in [6, 6.07) is 10.2. The predicted octanol–water partition coefficient (Wildman–Crippen LogP) is 3.86. The van der Waals surface area contributed by atoms with Gasteiger partial charge >= 0.3 is 0 Å². The number of nitrogens with zero attached hydrogens (tertiary/aromatic N) is 4. The first kappa shape index (κ1) is 17.7. The number of imidazole rings is 1. The molecule has 4 rings (SSSR count). The molecule has 1 fully saturated rings. The smallest absolute Gasteiger partial charge is 0.257 e. The van der Waals surface area contributed by atoms with Crippen LogP contribution in [0.25, 0.3) is 11.2 Å². The number of aromatic nitrogens is 3. The Morgan fingerprint density at radius 3 is 2.78 bits per heavy atom. The number of carbonyl (C=O) groups is 1. The molecule has 0 atom stereocenters. The average Bonchev–Trinajstić information content (AvgIpc) is 3.31. The summed E-state index contributed by atoms with van der Waals surface area (Å²) in [5.74, 6) is -0.161. The maximum atomic E-state index is 12.8. The quantitative estimate of drug-likeness (QED) is 0.748. The maximum absolute atomic E-state index is 12.8. The lowest BCUT2D eigenvalue weighted by Gasteiger charge is -2.15. The van der Waals surface area contributed by atoms with Crippen LogP contribution in [-0.2, 0) is 6.54 Å². The molecule has 140 valence electrons. The molecule has 1 amide bonds. The van der Waals surface area contributed by atoms with Crippen LogP contribution in [0.1, 0.15) is 47.6 Å². The van der Waals surface area contributed by atoms with Crippen LogP contribution >= 0.6 is 0 Å². The second-order valence-electron chi connectivity index (χ2n) is 7.51. The fourth-order valence-corrected chi connectivity index (χ4v) is 3.81. The first-order chi connectivity index (χ1) is 13.1. The van der Waals surface area contributed by atoms with E-state index in [4.69, 9.17) is 0 Å². The van der Waals surface area contributed by atoms with Gasteiger partial charge in [0, 0.05) is 24.5 Å². The molecule has 1 aromatic carbocycles. The van der Waals surface area contributed by atoms with Gasteiger partial charge in [0.1, 0.15) is 5.52 Å². The van der Waals surface area contributed by atoms with Gasteiger partial charge in [-0.15, -0.1) is 0 Å². The van der Waals surface area contributed by atoms with Gasteiger partial charge in [0.25, 0.3) is 5.91 Å². The van der Waals surface area contributed by atoms with E-state index in [0.717, 1.165) is 29.0 Å². The number of nitrogens with one attached hydrogen (secondary N) is 1. The monoisotopic (exact) mass is 363 g/mol. The fourth-order valence-electron chi connectivity index (χ4n) is 3.81. The van der Waals surface area contributed by atoms with Crippen molar-refractivity contribution < 1.29 is 4.79 Å². The molecular formula is C21H25N5O. The summed E-state index contributed by atoms with van der Waals surface area (Å²) in [7, 11) is 4.02. The van der Waals surface area contributed by atoms with E-state index in [-0.39, 0.29) is 5.91 Å². The van der Waals surface area contributed by atoms with Gasteiger partial charge in [-0.3, -0.25) is 4.79 Å². The molecule has 2 heterocycles. The molecule has 0 spiro atoms. The summed E-state index contributed by atoms with van der Waals surface area (Å²) >= 11 is 0. The van der Waals surface area contributed by atoms with Crippen LogP contribution in [0.4, 0.5) is 5.69 Å². The third-order valence-electron chi connectivity index (χ3n) is 5.15. The Hall–Kier alpha value is -2.73. The van der Waals surface area contributed by atoms with Gasteiger partial charge in [0.15, 0.2) is 5.65 Å². The van der Waals surface area contributed by atoms with Crippen LogP contribution in [0.2, 0.25) is 0 Å². The molecule has 27 heavy (non-hydrogen) atoms. The molecule has 2 aromatic heterocycles. The van der Waals surface area contributed by atoms with Crippen molar-refractivity contribution in [3.05, 3.63) is 54.0 Å². The number of pyridine rings is 1. The Morgan fingerprint density at radius 1 is 1.22 bits per heavy atom. The number of fused-ring (bicyclic) bond motifs is 1. The van der Waals surface area contributed by atoms with Gasteiger partial charge in [0.2, 0.25) is 0 Å². The lowest BCUT2D eigenvalue weighted by molar-refractivity contribution is 0.102. The largest absolute Gasteiger partial charge is 0.322 e. The van der Waals surface area contributed by atoms with Crippen LogP contribution in [0.5, 0.6) is 0 Å². The summed E-state index contributed by atoms with van der Waals surface area (Å²) in [6.45, 7) is 0.763. The van der Waals surface area contributed by atoms with E-state index in [0.29, 0.717) is 11.6 Å². The van der Waals surface area contributed by atoms with Crippen molar-refractivity contribution >= 4 is 22.8 Å². The number of rotatable bonds is 5. The van der Waals surface area contributed by atoms with Gasteiger partial charge in [-0.25, -0.2) is 9.97 Å². The zero-order valence-electron chi connectivity index (χ0n) is 15.9. The molecule has 6 nitrogen and oxygen atoms in total. The van der Waals surface area contributed by atoms with E-state index in [1.165, 1.54) is 25.7 Å². The first-order valence-corrected chi connectivity index (χ1v) is 9.48. The molecule has 0 aliphatic heterocycles. The van der Waals surface area contributed by atoms with E-state index in [1.54, 1.807) is 6.20 Å². The highest BCUT2D eigenvalue weighted by Crippen LogP contribution is 2.31. The van der Waals surface area contributed by atoms with Gasteiger partial charge in [-0.05, 0) is 44.6 Å². The first-order valence-electron chi connectivity index (χ1n) is 9.48. The van der Waals surface area contributed by atoms with Crippen LogP contribution in [0.3, 0.4) is 0 Å². The molecular weight excluding hydrogens is 338 g/mol. The molecule has 1 aliphatic rings. The number of benzene rings is 1. The van der Waals surface area contributed by atoms with Gasteiger partial charge in [0.05, 0.1) is 11.9 Å². The van der Waals surface area contributed by atoms with E-state index >= 15 is 0 Å². The summed E-state index contributed by atoms with van der Waals surface area (Å²) in [5.41, 5.74) is 4.07. The molecule has 1 aliphatic carbocycles. The lowest BCUT2D eigenvalue weighted by Crippen LogP contribution is -2.17. The molecule has 0 unspecified atom stereocenters. The molecule has 3 aromatic rings. The molecule has 0 radical (unpaired) electrons. The Labute approximate surface area is 159 Å². The average molecular weight is 363 g/mol. The number of hydrogen-bond acceptors (Lipinski definition) is 4. The van der Waals surface area contributed by atoms with Crippen molar-refractivity contribution in [3.63, 3.8) is 0 Å². The molecule has 6 heteroatoms. The zero-order chi connectivity index (χ0) is 18.8. The van der Waals surface area contributed by atoms with Gasteiger partial charge < -0.3 is 14.8 Å². The van der Waals surface area contributed by atoms with Crippen LogP contribution in [0, 0.1) is 0 Å². The molecule has 1 saturated carbocycles. The van der Waals surface area contributed by atoms with E-state index in [2.05, 4.69) is 24.8 Å². The van der Waals surface area contributed by atoms with Gasteiger partial charge in [-0.2, -0.15) is 0 Å². The molecule has 0 bridgehead atoms. The minimum Gasteiger partial charge on any atom is -0.322 e. The highest BCUT2D eigenvalue weighted by atomic mass is 16.1. The molecule has 1 N–H and O–H groups in total. The Morgan fingerprint density at radius 2 is 2.00 bits per heavy atom. The summed E-state index contributed by atoms with van der Waals surface area (Å²) in [5, 5.41) is 3.02. The summed E-state index contributed by atoms with van der Waals surface area (Å²) in [6.07, 6.45) is 8.39. The van der Waals surface area contributed by atoms with Crippen molar-refractivity contribution in [2.24, 2.45) is 0 Å². The number of para-hydroxylation sites is 1. The fraction of sp³-hybridized carbons (Fsp3) is 0.381. The maximum Gasteiger partial charge on any atom is 0.257 e. The normalized spacial score (nSPS) is 14.9. The second kappa shape index (κ2) is 7.48. The minimum absolute atomic E-state index is 0.161. The summed E-state index contributed by atoms with van der Waals surface area (Å²) < 4.78 is 2.16. The van der Waals surface area contributed by atoms with Crippen molar-refractivity contribution in [2.45, 2.75) is 38.3 Å². The predicted molar refractivity (Wildman–Crippen MR) is 107 cm³/mol. The van der Waals surface area contributed by atoms with Crippen molar-refractivity contribution in [1.29, 1.82) is 0 Å². The number of anilines is 1. The van der Waals surface area contributed by atoms with Gasteiger partial charge in [-0.1, -0.05) is 31.0 Å². The van der Waals surface area contributed by atoms with Crippen molar-refractivity contribution in [1.82, 2.24) is 19.4 Å². The van der Waals surface area contributed by atoms with E-state index < -0.39 is 0 Å². The summed E-state index contributed by atoms with van der Waals surface area (Å²) in [4.78, 5) is 23.9. The van der Waals surface area contributed by atoms with E-state index in [1.807, 2.05) is 50.8 Å². The Bertz CT molecular complexity index is 956. The standard InChI is InChI=1S/C21H25N5O/c1-25(2)13-15-7-3-6-10-18(15)24-21(27)16-11-19-20(22-12-16)26(14-23-19)17-8-4-5-9-17/h3,6-7,10-12,14,17H,4-5,8-9,13H2,1-2H3,(H,24,27). The van der Waals surface area contributed by atoms with Crippen molar-refractivity contribution in [2.75, 3.05) is 19.4 Å². The zero-order valence-corrected chi connectivity index (χ0v) is 15.9. The number of carbonyl (C=O) groups excluding carboxylic acids is 1. The van der Waals surface area contributed by atoms with Crippen LogP contribution in [0.15, 0.2) is 42.9 Å². The third kappa shape index (κ3) is 3.71. The minimum atomic E-state index is -0.161. The topological polar surface area (TPSA) is 63.1 Å². The third-order valence-corrected chi connectivity index (χ3v) is 5.15. The van der Waals surface area contributed by atoms with Crippen LogP contribution in [-0.4, -0.2) is 39.4 Å². The Kier molecular flexibility index (Phi) is 4.90. The number of hydrogen-bond donors (Lipinski definition) is 1. The van der Waals surface area contributed by atoms with E-state index in [9.17, 15) is 4.79 Å². The lowest BCUT2D eigenvalue weighted by atomic mass is 10.1. The Balaban J connectivity index is 1.57.